The third-order valence-corrected chi connectivity index (χ3v) is 3.30. The van der Waals surface area contributed by atoms with E-state index >= 15 is 0 Å². The first-order chi connectivity index (χ1) is 10.7. The number of para-hydroxylation sites is 2. The number of hydrogen-bond donors (Lipinski definition) is 1. The molecule has 0 radical (unpaired) electrons. The molecule has 0 atom stereocenters. The number of rotatable bonds is 4. The van der Waals surface area contributed by atoms with Crippen LogP contribution in [-0.4, -0.2) is 20.4 Å². The van der Waals surface area contributed by atoms with Gasteiger partial charge in [0.1, 0.15) is 0 Å². The lowest BCUT2D eigenvalue weighted by Crippen LogP contribution is -2.21. The predicted octanol–water partition coefficient (Wildman–Crippen LogP) is 2.26. The molecule has 0 saturated carbocycles. The van der Waals surface area contributed by atoms with Crippen molar-refractivity contribution in [2.45, 2.75) is 6.42 Å². The lowest BCUT2D eigenvalue weighted by atomic mass is 10.3. The summed E-state index contributed by atoms with van der Waals surface area (Å²) in [6.45, 7) is 0. The molecule has 3 rings (SSSR count). The summed E-state index contributed by atoms with van der Waals surface area (Å²) < 4.78 is 3.12. The molecule has 2 aromatic carbocycles. The van der Waals surface area contributed by atoms with E-state index in [0.717, 1.165) is 5.69 Å². The number of carboxylic acid groups (broad SMARTS) is 1. The van der Waals surface area contributed by atoms with Gasteiger partial charge in [0.2, 0.25) is 0 Å². The number of benzene rings is 2. The van der Waals surface area contributed by atoms with Gasteiger partial charge in [0.15, 0.2) is 0 Å². The van der Waals surface area contributed by atoms with Crippen LogP contribution in [0.2, 0.25) is 0 Å². The van der Waals surface area contributed by atoms with Crippen LogP contribution in [-0.2, 0) is 11.2 Å². The maximum Gasteiger partial charge on any atom is 0.309 e. The Hall–Kier alpha value is -3.08. The van der Waals surface area contributed by atoms with Crippen molar-refractivity contribution < 1.29 is 9.90 Å². The minimum absolute atomic E-state index is 0.218. The van der Waals surface area contributed by atoms with Crippen LogP contribution in [0.3, 0.4) is 0 Å². The highest BCUT2D eigenvalue weighted by molar-refractivity contribution is 5.70. The van der Waals surface area contributed by atoms with Crippen LogP contribution in [0.4, 0.5) is 0 Å². The van der Waals surface area contributed by atoms with Crippen LogP contribution in [0.1, 0.15) is 5.69 Å². The predicted molar refractivity (Wildman–Crippen MR) is 82.7 cm³/mol. The Bertz CT molecular complexity index is 849. The number of hydrogen-bond acceptors (Lipinski definition) is 2. The fourth-order valence-corrected chi connectivity index (χ4v) is 2.44. The van der Waals surface area contributed by atoms with Crippen LogP contribution in [0.5, 0.6) is 0 Å². The summed E-state index contributed by atoms with van der Waals surface area (Å²) in [4.78, 5) is 23.4. The first-order valence-electron chi connectivity index (χ1n) is 6.83. The Morgan fingerprint density at radius 2 is 1.36 bits per heavy atom. The zero-order valence-corrected chi connectivity index (χ0v) is 11.7. The zero-order chi connectivity index (χ0) is 15.5. The maximum atomic E-state index is 12.4. The molecule has 0 aliphatic carbocycles. The minimum atomic E-state index is -0.977. The van der Waals surface area contributed by atoms with Crippen LogP contribution >= 0.6 is 0 Å². The molecule has 22 heavy (non-hydrogen) atoms. The SMILES string of the molecule is O=C(O)Cc1cc(=O)n(-c2ccccc2)n1-c1ccccc1. The highest BCUT2D eigenvalue weighted by atomic mass is 16.4. The molecule has 0 aliphatic heterocycles. The van der Waals surface area contributed by atoms with Crippen LogP contribution in [0.25, 0.3) is 11.4 Å². The number of aliphatic carboxylic acids is 1. The van der Waals surface area contributed by atoms with Gasteiger partial charge in [-0.05, 0) is 24.3 Å². The summed E-state index contributed by atoms with van der Waals surface area (Å²) in [5, 5.41) is 9.08. The molecule has 1 heterocycles. The molecule has 0 bridgehead atoms. The minimum Gasteiger partial charge on any atom is -0.481 e. The average molecular weight is 294 g/mol. The summed E-state index contributed by atoms with van der Waals surface area (Å²) in [5.41, 5.74) is 1.61. The normalized spacial score (nSPS) is 10.5. The number of nitrogens with zero attached hydrogens (tertiary/aromatic N) is 2. The number of aromatic nitrogens is 2. The van der Waals surface area contributed by atoms with E-state index in [1.807, 2.05) is 60.7 Å². The summed E-state index contributed by atoms with van der Waals surface area (Å²) in [6, 6.07) is 19.8. The van der Waals surface area contributed by atoms with Gasteiger partial charge in [-0.2, -0.15) is 0 Å². The van der Waals surface area contributed by atoms with Gasteiger partial charge in [0.05, 0.1) is 23.5 Å². The van der Waals surface area contributed by atoms with E-state index in [0.29, 0.717) is 11.4 Å². The second kappa shape index (κ2) is 5.73. The van der Waals surface area contributed by atoms with E-state index in [1.165, 1.54) is 10.7 Å². The third-order valence-electron chi connectivity index (χ3n) is 3.30. The van der Waals surface area contributed by atoms with E-state index in [4.69, 9.17) is 5.11 Å². The van der Waals surface area contributed by atoms with Crippen molar-refractivity contribution in [1.82, 2.24) is 9.36 Å². The monoisotopic (exact) mass is 294 g/mol. The van der Waals surface area contributed by atoms with E-state index in [-0.39, 0.29) is 12.0 Å². The molecule has 0 fully saturated rings. The highest BCUT2D eigenvalue weighted by Gasteiger charge is 2.16. The first-order valence-corrected chi connectivity index (χ1v) is 6.83. The lowest BCUT2D eigenvalue weighted by molar-refractivity contribution is -0.136. The topological polar surface area (TPSA) is 64.2 Å². The van der Waals surface area contributed by atoms with Gasteiger partial charge in [-0.25, -0.2) is 9.36 Å². The zero-order valence-electron chi connectivity index (χ0n) is 11.7. The Morgan fingerprint density at radius 1 is 0.864 bits per heavy atom. The van der Waals surface area contributed by atoms with Crippen LogP contribution < -0.4 is 5.56 Å². The Morgan fingerprint density at radius 3 is 1.86 bits per heavy atom. The molecule has 5 heteroatoms. The van der Waals surface area contributed by atoms with Crippen molar-refractivity contribution in [2.24, 2.45) is 0 Å². The van der Waals surface area contributed by atoms with Crippen molar-refractivity contribution in [3.05, 3.63) is 82.8 Å². The van der Waals surface area contributed by atoms with E-state index in [9.17, 15) is 9.59 Å². The van der Waals surface area contributed by atoms with Gasteiger partial charge in [-0.15, -0.1) is 0 Å². The van der Waals surface area contributed by atoms with Crippen LogP contribution in [0, 0.1) is 0 Å². The molecule has 0 unspecified atom stereocenters. The van der Waals surface area contributed by atoms with Crippen molar-refractivity contribution in [1.29, 1.82) is 0 Å². The number of carbonyl (C=O) groups is 1. The van der Waals surface area contributed by atoms with E-state index < -0.39 is 5.97 Å². The van der Waals surface area contributed by atoms with Gasteiger partial charge < -0.3 is 5.11 Å². The molecule has 5 nitrogen and oxygen atoms in total. The maximum absolute atomic E-state index is 12.4. The fourth-order valence-electron chi connectivity index (χ4n) is 2.44. The molecule has 0 saturated heterocycles. The Kier molecular flexibility index (Phi) is 3.62. The Balaban J connectivity index is 2.28. The molecule has 0 spiro atoms. The third kappa shape index (κ3) is 2.56. The summed E-state index contributed by atoms with van der Waals surface area (Å²) in [5.74, 6) is -0.977. The molecular formula is C17H14N2O3. The van der Waals surface area contributed by atoms with Crippen molar-refractivity contribution >= 4 is 5.97 Å². The van der Waals surface area contributed by atoms with Crippen molar-refractivity contribution in [2.75, 3.05) is 0 Å². The van der Waals surface area contributed by atoms with Gasteiger partial charge in [-0.1, -0.05) is 36.4 Å². The summed E-state index contributed by atoms with van der Waals surface area (Å²) in [7, 11) is 0. The molecule has 3 aromatic rings. The second-order valence-corrected chi connectivity index (χ2v) is 4.84. The van der Waals surface area contributed by atoms with E-state index in [1.54, 1.807) is 4.68 Å². The van der Waals surface area contributed by atoms with Gasteiger partial charge in [0, 0.05) is 6.07 Å². The van der Waals surface area contributed by atoms with Crippen molar-refractivity contribution in [3.63, 3.8) is 0 Å². The smallest absolute Gasteiger partial charge is 0.309 e. The number of carboxylic acids is 1. The molecule has 1 aromatic heterocycles. The molecular weight excluding hydrogens is 280 g/mol. The van der Waals surface area contributed by atoms with Gasteiger partial charge in [-0.3, -0.25) is 9.59 Å². The molecule has 0 aliphatic rings. The largest absolute Gasteiger partial charge is 0.481 e. The molecule has 110 valence electrons. The van der Waals surface area contributed by atoms with Crippen molar-refractivity contribution in [3.8, 4) is 11.4 Å². The second-order valence-electron chi connectivity index (χ2n) is 4.84. The molecule has 1 N–H and O–H groups in total. The van der Waals surface area contributed by atoms with Gasteiger partial charge >= 0.3 is 5.97 Å². The fraction of sp³-hybridized carbons (Fsp3) is 0.0588. The Labute approximate surface area is 126 Å². The average Bonchev–Trinajstić information content (AvgIpc) is 2.84. The summed E-state index contributed by atoms with van der Waals surface area (Å²) in [6.07, 6.45) is -0.218. The van der Waals surface area contributed by atoms with E-state index in [2.05, 4.69) is 0 Å². The summed E-state index contributed by atoms with van der Waals surface area (Å²) >= 11 is 0. The highest BCUT2D eigenvalue weighted by Crippen LogP contribution is 2.15. The van der Waals surface area contributed by atoms with Crippen LogP contribution in [0.15, 0.2) is 71.5 Å². The standard InChI is InChI=1S/C17H14N2O3/c20-16-11-15(12-17(21)22)18(13-7-3-1-4-8-13)19(16)14-9-5-2-6-10-14/h1-11H,12H2,(H,21,22). The lowest BCUT2D eigenvalue weighted by Gasteiger charge is -2.14. The quantitative estimate of drug-likeness (QED) is 0.802. The van der Waals surface area contributed by atoms with Gasteiger partial charge in [0.25, 0.3) is 5.56 Å². The first kappa shape index (κ1) is 13.9. The molecule has 0 amide bonds.